The number of para-hydroxylation sites is 1. The number of halogens is 1. The van der Waals surface area contributed by atoms with Crippen molar-refractivity contribution in [3.05, 3.63) is 53.8 Å². The Hall–Kier alpha value is -2.67. The van der Waals surface area contributed by atoms with Crippen LogP contribution < -0.4 is 10.2 Å². The van der Waals surface area contributed by atoms with Crippen molar-refractivity contribution in [2.24, 2.45) is 0 Å². The summed E-state index contributed by atoms with van der Waals surface area (Å²) in [6.45, 7) is 3.76. The second-order valence-corrected chi connectivity index (χ2v) is 8.15. The third-order valence-corrected chi connectivity index (χ3v) is 6.00. The van der Waals surface area contributed by atoms with Crippen LogP contribution in [0.5, 0.6) is 0 Å². The highest BCUT2D eigenvalue weighted by Crippen LogP contribution is 2.29. The minimum absolute atomic E-state index is 0.189. The monoisotopic (exact) mass is 410 g/mol. The Morgan fingerprint density at radius 2 is 1.93 bits per heavy atom. The molecule has 1 fully saturated rings. The number of anilines is 2. The molecule has 2 heterocycles. The molecule has 1 amide bonds. The number of hydrogen-bond donors (Lipinski definition) is 1. The minimum Gasteiger partial charge on any atom is -0.341 e. The van der Waals surface area contributed by atoms with Gasteiger partial charge in [-0.3, -0.25) is 4.79 Å². The van der Waals surface area contributed by atoms with Crippen LogP contribution in [0.1, 0.15) is 24.8 Å². The van der Waals surface area contributed by atoms with Crippen molar-refractivity contribution in [2.75, 3.05) is 29.1 Å². The molecule has 0 saturated carbocycles. The van der Waals surface area contributed by atoms with Gasteiger partial charge in [-0.15, -0.1) is 0 Å². The van der Waals surface area contributed by atoms with Crippen molar-refractivity contribution in [3.8, 4) is 0 Å². The molecule has 7 heteroatoms. The summed E-state index contributed by atoms with van der Waals surface area (Å²) in [7, 11) is 0. The van der Waals surface area contributed by atoms with Crippen LogP contribution in [0, 0.1) is 12.7 Å². The fourth-order valence-electron chi connectivity index (χ4n) is 3.43. The largest absolute Gasteiger partial charge is 0.341 e. The molecule has 0 unspecified atom stereocenters. The van der Waals surface area contributed by atoms with Crippen LogP contribution in [-0.2, 0) is 4.79 Å². The van der Waals surface area contributed by atoms with Gasteiger partial charge in [-0.2, -0.15) is 0 Å². The van der Waals surface area contributed by atoms with E-state index in [4.69, 9.17) is 9.97 Å². The number of carbonyl (C=O) groups excluding carboxylic acids is 1. The van der Waals surface area contributed by atoms with Gasteiger partial charge in [0.2, 0.25) is 11.9 Å². The lowest BCUT2D eigenvalue weighted by molar-refractivity contribution is -0.113. The number of hydrogen-bond acceptors (Lipinski definition) is 5. The molecular formula is C22H23FN4OS. The highest BCUT2D eigenvalue weighted by atomic mass is 32.2. The predicted molar refractivity (Wildman–Crippen MR) is 116 cm³/mol. The molecule has 1 aromatic heterocycles. The van der Waals surface area contributed by atoms with Gasteiger partial charge in [-0.25, -0.2) is 14.4 Å². The molecule has 1 saturated heterocycles. The fraction of sp³-hybridized carbons (Fsp3) is 0.318. The second kappa shape index (κ2) is 8.78. The van der Waals surface area contributed by atoms with Gasteiger partial charge in [0.15, 0.2) is 0 Å². The lowest BCUT2D eigenvalue weighted by Crippen LogP contribution is -2.31. The van der Waals surface area contributed by atoms with E-state index in [9.17, 15) is 9.18 Å². The number of thioether (sulfide) groups is 1. The van der Waals surface area contributed by atoms with Crippen molar-refractivity contribution >= 4 is 40.2 Å². The van der Waals surface area contributed by atoms with E-state index in [0.29, 0.717) is 5.69 Å². The smallest absolute Gasteiger partial charge is 0.234 e. The molecule has 3 aromatic rings. The molecule has 0 bridgehead atoms. The van der Waals surface area contributed by atoms with Crippen LogP contribution in [0.25, 0.3) is 10.9 Å². The third-order valence-electron chi connectivity index (χ3n) is 5.01. The zero-order valence-corrected chi connectivity index (χ0v) is 17.1. The minimum atomic E-state index is -0.369. The summed E-state index contributed by atoms with van der Waals surface area (Å²) in [5.41, 5.74) is 2.20. The molecule has 4 rings (SSSR count). The van der Waals surface area contributed by atoms with E-state index < -0.39 is 0 Å². The highest BCUT2D eigenvalue weighted by Gasteiger charge is 2.17. The van der Waals surface area contributed by atoms with Crippen molar-refractivity contribution in [2.45, 2.75) is 31.2 Å². The van der Waals surface area contributed by atoms with Gasteiger partial charge in [0, 0.05) is 24.2 Å². The van der Waals surface area contributed by atoms with Gasteiger partial charge in [-0.05, 0) is 49.9 Å². The molecule has 29 heavy (non-hydrogen) atoms. The van der Waals surface area contributed by atoms with E-state index in [1.807, 2.05) is 31.2 Å². The van der Waals surface area contributed by atoms with Crippen LogP contribution in [0.2, 0.25) is 0 Å². The fourth-order valence-corrected chi connectivity index (χ4v) is 4.24. The van der Waals surface area contributed by atoms with Crippen molar-refractivity contribution in [1.82, 2.24) is 9.97 Å². The van der Waals surface area contributed by atoms with Crippen LogP contribution in [-0.4, -0.2) is 34.7 Å². The molecule has 1 aliphatic rings. The summed E-state index contributed by atoms with van der Waals surface area (Å²) < 4.78 is 13.5. The molecule has 0 aliphatic carbocycles. The van der Waals surface area contributed by atoms with Crippen molar-refractivity contribution < 1.29 is 9.18 Å². The first kappa shape index (κ1) is 19.6. The Morgan fingerprint density at radius 3 is 2.76 bits per heavy atom. The van der Waals surface area contributed by atoms with Gasteiger partial charge in [-0.1, -0.05) is 36.0 Å². The number of aromatic nitrogens is 2. The van der Waals surface area contributed by atoms with Crippen LogP contribution in [0.3, 0.4) is 0 Å². The Labute approximate surface area is 173 Å². The Morgan fingerprint density at radius 1 is 1.14 bits per heavy atom. The predicted octanol–water partition coefficient (Wildman–Crippen LogP) is 4.80. The van der Waals surface area contributed by atoms with Gasteiger partial charge >= 0.3 is 0 Å². The van der Waals surface area contributed by atoms with Gasteiger partial charge in [0.05, 0.1) is 11.3 Å². The number of nitrogens with one attached hydrogen (secondary N) is 1. The highest BCUT2D eigenvalue weighted by molar-refractivity contribution is 8.00. The summed E-state index contributed by atoms with van der Waals surface area (Å²) in [6.07, 6.45) is 3.54. The average Bonchev–Trinajstić information content (AvgIpc) is 2.75. The molecule has 150 valence electrons. The Kier molecular flexibility index (Phi) is 5.94. The van der Waals surface area contributed by atoms with E-state index in [0.717, 1.165) is 53.4 Å². The summed E-state index contributed by atoms with van der Waals surface area (Å²) in [6, 6.07) is 12.2. The normalized spacial score (nSPS) is 14.2. The topological polar surface area (TPSA) is 58.1 Å². The molecular weight excluding hydrogens is 387 g/mol. The Bertz CT molecular complexity index is 1040. The van der Waals surface area contributed by atoms with Crippen LogP contribution in [0.4, 0.5) is 16.0 Å². The van der Waals surface area contributed by atoms with E-state index >= 15 is 0 Å². The molecule has 1 N–H and O–H groups in total. The summed E-state index contributed by atoms with van der Waals surface area (Å²) in [5.74, 6) is 0.362. The van der Waals surface area contributed by atoms with Gasteiger partial charge in [0.1, 0.15) is 10.8 Å². The summed E-state index contributed by atoms with van der Waals surface area (Å²) in [5, 5.41) is 4.53. The number of carbonyl (C=O) groups is 1. The molecule has 2 aromatic carbocycles. The van der Waals surface area contributed by atoms with E-state index in [-0.39, 0.29) is 17.5 Å². The lowest BCUT2D eigenvalue weighted by atomic mass is 10.1. The number of rotatable bonds is 5. The molecule has 5 nitrogen and oxygen atoms in total. The first-order valence-corrected chi connectivity index (χ1v) is 10.8. The maximum absolute atomic E-state index is 13.5. The zero-order valence-electron chi connectivity index (χ0n) is 16.3. The molecule has 1 aliphatic heterocycles. The number of fused-ring (bicyclic) bond motifs is 1. The quantitative estimate of drug-likeness (QED) is 0.484. The number of amides is 1. The van der Waals surface area contributed by atoms with Crippen molar-refractivity contribution in [3.63, 3.8) is 0 Å². The van der Waals surface area contributed by atoms with Gasteiger partial charge in [0.25, 0.3) is 0 Å². The Balaban J connectivity index is 1.53. The third kappa shape index (κ3) is 4.67. The standard InChI is InChI=1S/C22H23FN4OS/c1-15-9-10-16(23)13-19(15)24-20(28)14-29-21-17-7-3-4-8-18(17)25-22(26-21)27-11-5-2-6-12-27/h3-4,7-10,13H,2,5-6,11-12,14H2,1H3,(H,24,28). The number of piperidine rings is 1. The average molecular weight is 411 g/mol. The summed E-state index contributed by atoms with van der Waals surface area (Å²) >= 11 is 1.38. The van der Waals surface area contributed by atoms with Crippen LogP contribution >= 0.6 is 11.8 Å². The zero-order chi connectivity index (χ0) is 20.2. The second-order valence-electron chi connectivity index (χ2n) is 7.19. The summed E-state index contributed by atoms with van der Waals surface area (Å²) in [4.78, 5) is 24.2. The number of nitrogens with zero attached hydrogens (tertiary/aromatic N) is 3. The lowest BCUT2D eigenvalue weighted by Gasteiger charge is -2.27. The van der Waals surface area contributed by atoms with Gasteiger partial charge < -0.3 is 10.2 Å². The maximum Gasteiger partial charge on any atom is 0.234 e. The number of aryl methyl sites for hydroxylation is 1. The van der Waals surface area contributed by atoms with Crippen molar-refractivity contribution in [1.29, 1.82) is 0 Å². The first-order valence-electron chi connectivity index (χ1n) is 9.81. The van der Waals surface area contributed by atoms with E-state index in [2.05, 4.69) is 10.2 Å². The SMILES string of the molecule is Cc1ccc(F)cc1NC(=O)CSc1nc(N2CCCCC2)nc2ccccc12. The van der Waals surface area contributed by atoms with E-state index in [1.54, 1.807) is 6.07 Å². The van der Waals surface area contributed by atoms with Crippen LogP contribution in [0.15, 0.2) is 47.5 Å². The number of benzene rings is 2. The molecule has 0 radical (unpaired) electrons. The maximum atomic E-state index is 13.5. The van der Waals surface area contributed by atoms with E-state index in [1.165, 1.54) is 30.3 Å². The molecule has 0 atom stereocenters. The first-order chi connectivity index (χ1) is 14.1. The molecule has 0 spiro atoms.